The van der Waals surface area contributed by atoms with Crippen molar-refractivity contribution in [2.24, 2.45) is 10.9 Å². The van der Waals surface area contributed by atoms with Crippen LogP contribution in [0.5, 0.6) is 0 Å². The molecule has 6 nitrogen and oxygen atoms in total. The molecule has 1 aliphatic rings. The Morgan fingerprint density at radius 3 is 2.95 bits per heavy atom. The molecule has 0 saturated carbocycles. The SMILES string of the molecule is COC(=O)C(C)(N)CC/C=C(/F)CN1CON=C1C. The van der Waals surface area contributed by atoms with E-state index in [9.17, 15) is 9.18 Å². The zero-order valence-corrected chi connectivity index (χ0v) is 11.5. The topological polar surface area (TPSA) is 77.2 Å². The predicted octanol–water partition coefficient (Wildman–Crippen LogP) is 1.13. The third kappa shape index (κ3) is 4.51. The van der Waals surface area contributed by atoms with Crippen molar-refractivity contribution in [1.29, 1.82) is 0 Å². The fourth-order valence-corrected chi connectivity index (χ4v) is 1.61. The maximum absolute atomic E-state index is 13.6. The number of ether oxygens (including phenoxy) is 1. The number of carbonyl (C=O) groups is 1. The largest absolute Gasteiger partial charge is 0.468 e. The minimum absolute atomic E-state index is 0.106. The van der Waals surface area contributed by atoms with E-state index in [1.54, 1.807) is 18.7 Å². The molecule has 0 amide bonds. The van der Waals surface area contributed by atoms with Gasteiger partial charge in [-0.2, -0.15) is 0 Å². The van der Waals surface area contributed by atoms with Gasteiger partial charge in [-0.05, 0) is 26.7 Å². The van der Waals surface area contributed by atoms with E-state index >= 15 is 0 Å². The van der Waals surface area contributed by atoms with Gasteiger partial charge in [-0.25, -0.2) is 4.39 Å². The Hall–Kier alpha value is -1.63. The third-order valence-corrected chi connectivity index (χ3v) is 2.89. The van der Waals surface area contributed by atoms with Crippen molar-refractivity contribution in [1.82, 2.24) is 4.90 Å². The van der Waals surface area contributed by atoms with Gasteiger partial charge in [-0.15, -0.1) is 0 Å². The van der Waals surface area contributed by atoms with Crippen LogP contribution in [-0.4, -0.2) is 42.6 Å². The smallest absolute Gasteiger partial charge is 0.325 e. The van der Waals surface area contributed by atoms with Gasteiger partial charge in [0.1, 0.15) is 17.2 Å². The van der Waals surface area contributed by atoms with Gasteiger partial charge in [0.15, 0.2) is 6.73 Å². The number of nitrogens with two attached hydrogens (primary N) is 1. The Labute approximate surface area is 112 Å². The highest BCUT2D eigenvalue weighted by Gasteiger charge is 2.28. The lowest BCUT2D eigenvalue weighted by Crippen LogP contribution is -2.45. The number of allylic oxidation sites excluding steroid dienone is 1. The Morgan fingerprint density at radius 1 is 1.74 bits per heavy atom. The molecule has 0 fully saturated rings. The summed E-state index contributed by atoms with van der Waals surface area (Å²) in [6.45, 7) is 3.67. The molecule has 108 valence electrons. The summed E-state index contributed by atoms with van der Waals surface area (Å²) in [5.41, 5.74) is 4.67. The van der Waals surface area contributed by atoms with Crippen LogP contribution in [0.15, 0.2) is 17.1 Å². The van der Waals surface area contributed by atoms with Gasteiger partial charge in [0.2, 0.25) is 0 Å². The van der Waals surface area contributed by atoms with E-state index in [2.05, 4.69) is 9.89 Å². The molecule has 0 aliphatic carbocycles. The molecule has 0 bridgehead atoms. The van der Waals surface area contributed by atoms with E-state index in [0.717, 1.165) is 0 Å². The molecular formula is C12H20FN3O3. The number of esters is 1. The standard InChI is InChI=1S/C12H20FN3O3/c1-9-15-19-8-16(9)7-10(13)5-4-6-12(2,14)11(17)18-3/h5H,4,6-8,14H2,1-3H3/b10-5+. The fourth-order valence-electron chi connectivity index (χ4n) is 1.61. The van der Waals surface area contributed by atoms with E-state index in [0.29, 0.717) is 18.7 Å². The van der Waals surface area contributed by atoms with Crippen molar-refractivity contribution in [2.75, 3.05) is 20.4 Å². The molecule has 0 aromatic carbocycles. The number of hydrogen-bond donors (Lipinski definition) is 1. The lowest BCUT2D eigenvalue weighted by molar-refractivity contribution is -0.146. The van der Waals surface area contributed by atoms with Gasteiger partial charge in [-0.3, -0.25) is 4.79 Å². The monoisotopic (exact) mass is 273 g/mol. The molecule has 1 heterocycles. The van der Waals surface area contributed by atoms with Crippen LogP contribution in [0.3, 0.4) is 0 Å². The molecule has 1 unspecified atom stereocenters. The number of hydrogen-bond acceptors (Lipinski definition) is 6. The molecule has 0 spiro atoms. The van der Waals surface area contributed by atoms with Crippen molar-refractivity contribution in [3.8, 4) is 0 Å². The summed E-state index contributed by atoms with van der Waals surface area (Å²) in [6.07, 6.45) is 2.09. The summed E-state index contributed by atoms with van der Waals surface area (Å²) in [5, 5.41) is 3.69. The second-order valence-corrected chi connectivity index (χ2v) is 4.69. The number of rotatable bonds is 6. The van der Waals surface area contributed by atoms with E-state index in [1.165, 1.54) is 13.2 Å². The molecular weight excluding hydrogens is 253 g/mol. The molecule has 0 radical (unpaired) electrons. The summed E-state index contributed by atoms with van der Waals surface area (Å²) < 4.78 is 18.2. The predicted molar refractivity (Wildman–Crippen MR) is 68.8 cm³/mol. The normalized spacial score (nSPS) is 18.7. The number of oxime groups is 1. The molecule has 0 aromatic heterocycles. The van der Waals surface area contributed by atoms with Gasteiger partial charge in [0.05, 0.1) is 13.7 Å². The minimum atomic E-state index is -1.10. The highest BCUT2D eigenvalue weighted by Crippen LogP contribution is 2.14. The van der Waals surface area contributed by atoms with Crippen LogP contribution in [0.25, 0.3) is 0 Å². The molecule has 1 aliphatic heterocycles. The number of halogens is 1. The molecule has 19 heavy (non-hydrogen) atoms. The van der Waals surface area contributed by atoms with Crippen LogP contribution in [-0.2, 0) is 14.4 Å². The van der Waals surface area contributed by atoms with Crippen LogP contribution in [0.4, 0.5) is 4.39 Å². The Balaban J connectivity index is 2.40. The van der Waals surface area contributed by atoms with Gasteiger partial charge in [0, 0.05) is 0 Å². The van der Waals surface area contributed by atoms with Gasteiger partial charge >= 0.3 is 5.97 Å². The van der Waals surface area contributed by atoms with Gasteiger partial charge < -0.3 is 20.2 Å². The maximum atomic E-state index is 13.6. The van der Waals surface area contributed by atoms with Crippen molar-refractivity contribution in [3.05, 3.63) is 11.9 Å². The van der Waals surface area contributed by atoms with Crippen molar-refractivity contribution < 1.29 is 18.8 Å². The Bertz CT molecular complexity index is 394. The average Bonchev–Trinajstić information content (AvgIpc) is 2.73. The molecule has 1 rings (SSSR count). The summed E-state index contributed by atoms with van der Waals surface area (Å²) >= 11 is 0. The van der Waals surface area contributed by atoms with Crippen LogP contribution in [0.1, 0.15) is 26.7 Å². The fraction of sp³-hybridized carbons (Fsp3) is 0.667. The molecule has 0 aromatic rings. The highest BCUT2D eigenvalue weighted by atomic mass is 19.1. The second-order valence-electron chi connectivity index (χ2n) is 4.69. The lowest BCUT2D eigenvalue weighted by atomic mass is 9.97. The van der Waals surface area contributed by atoms with E-state index < -0.39 is 11.5 Å². The average molecular weight is 273 g/mol. The molecule has 1 atom stereocenters. The zero-order valence-electron chi connectivity index (χ0n) is 11.5. The number of carbonyl (C=O) groups excluding carboxylic acids is 1. The summed E-state index contributed by atoms with van der Waals surface area (Å²) in [6, 6.07) is 0. The Kier molecular flexibility index (Phi) is 5.29. The van der Waals surface area contributed by atoms with E-state index in [4.69, 9.17) is 10.6 Å². The number of amidine groups is 1. The Morgan fingerprint density at radius 2 is 2.42 bits per heavy atom. The summed E-state index contributed by atoms with van der Waals surface area (Å²) in [7, 11) is 1.28. The van der Waals surface area contributed by atoms with Crippen LogP contribution in [0, 0.1) is 0 Å². The van der Waals surface area contributed by atoms with Crippen molar-refractivity contribution >= 4 is 11.8 Å². The summed E-state index contributed by atoms with van der Waals surface area (Å²) in [5.74, 6) is -0.167. The minimum Gasteiger partial charge on any atom is -0.468 e. The molecule has 7 heteroatoms. The number of methoxy groups -OCH3 is 1. The van der Waals surface area contributed by atoms with Gasteiger partial charge in [-0.1, -0.05) is 11.2 Å². The van der Waals surface area contributed by atoms with Gasteiger partial charge in [0.25, 0.3) is 0 Å². The first-order chi connectivity index (χ1) is 8.86. The first-order valence-corrected chi connectivity index (χ1v) is 6.00. The van der Waals surface area contributed by atoms with Crippen molar-refractivity contribution in [2.45, 2.75) is 32.2 Å². The van der Waals surface area contributed by atoms with E-state index in [-0.39, 0.29) is 19.1 Å². The van der Waals surface area contributed by atoms with E-state index in [1.807, 2.05) is 0 Å². The summed E-state index contributed by atoms with van der Waals surface area (Å²) in [4.78, 5) is 17.8. The molecule has 2 N–H and O–H groups in total. The second kappa shape index (κ2) is 6.51. The maximum Gasteiger partial charge on any atom is 0.325 e. The first kappa shape index (κ1) is 15.4. The number of nitrogens with zero attached hydrogens (tertiary/aromatic N) is 2. The lowest BCUT2D eigenvalue weighted by Gasteiger charge is -2.20. The van der Waals surface area contributed by atoms with Crippen molar-refractivity contribution in [3.63, 3.8) is 0 Å². The van der Waals surface area contributed by atoms with Crippen LogP contribution >= 0.6 is 0 Å². The van der Waals surface area contributed by atoms with Crippen LogP contribution < -0.4 is 5.73 Å². The zero-order chi connectivity index (χ0) is 14.5. The first-order valence-electron chi connectivity index (χ1n) is 6.00. The third-order valence-electron chi connectivity index (χ3n) is 2.89. The molecule has 0 saturated heterocycles. The quantitative estimate of drug-likeness (QED) is 0.734. The van der Waals surface area contributed by atoms with Crippen LogP contribution in [0.2, 0.25) is 0 Å². The highest BCUT2D eigenvalue weighted by molar-refractivity contribution is 5.80.